The molecule has 0 amide bonds. The number of thiol groups is 1. The summed E-state index contributed by atoms with van der Waals surface area (Å²) in [5.74, 6) is 3.03. The summed E-state index contributed by atoms with van der Waals surface area (Å²) in [6.07, 6.45) is 5.89. The van der Waals surface area contributed by atoms with Crippen molar-refractivity contribution < 1.29 is 4.74 Å². The zero-order valence-corrected chi connectivity index (χ0v) is 11.5. The summed E-state index contributed by atoms with van der Waals surface area (Å²) in [6, 6.07) is 5.76. The van der Waals surface area contributed by atoms with Crippen LogP contribution < -0.4 is 4.74 Å². The molecule has 0 unspecified atom stereocenters. The van der Waals surface area contributed by atoms with Crippen LogP contribution in [0.4, 0.5) is 0 Å². The second-order valence-electron chi connectivity index (χ2n) is 5.10. The maximum atomic E-state index is 4.99. The lowest BCUT2D eigenvalue weighted by Crippen LogP contribution is -2.12. The minimum absolute atomic E-state index is 0.933. The molecule has 0 bridgehead atoms. The lowest BCUT2D eigenvalue weighted by Gasteiger charge is -2.07. The SMILES string of the molecule is CN(C)CCCC1CC1.Sc1cccc2c1O2. The molecule has 1 aliphatic heterocycles. The first kappa shape index (κ1) is 12.8. The van der Waals surface area contributed by atoms with E-state index < -0.39 is 0 Å². The Labute approximate surface area is 109 Å². The van der Waals surface area contributed by atoms with E-state index in [4.69, 9.17) is 4.74 Å². The van der Waals surface area contributed by atoms with Crippen LogP contribution in [0.1, 0.15) is 25.7 Å². The quantitative estimate of drug-likeness (QED) is 0.656. The van der Waals surface area contributed by atoms with Crippen molar-refractivity contribution in [1.29, 1.82) is 0 Å². The third kappa shape index (κ3) is 4.60. The van der Waals surface area contributed by atoms with Crippen LogP contribution in [0.15, 0.2) is 23.1 Å². The lowest BCUT2D eigenvalue weighted by molar-refractivity contribution is 0.389. The van der Waals surface area contributed by atoms with E-state index in [9.17, 15) is 0 Å². The van der Waals surface area contributed by atoms with Gasteiger partial charge in [-0.1, -0.05) is 18.9 Å². The van der Waals surface area contributed by atoms with Crippen molar-refractivity contribution >= 4 is 12.6 Å². The number of ether oxygens (including phenoxy) is 1. The third-order valence-electron chi connectivity index (χ3n) is 3.04. The number of rotatable bonds is 4. The zero-order valence-electron chi connectivity index (χ0n) is 10.6. The van der Waals surface area contributed by atoms with Gasteiger partial charge in [-0.15, -0.1) is 12.6 Å². The topological polar surface area (TPSA) is 15.8 Å². The first-order chi connectivity index (χ1) is 8.16. The second kappa shape index (κ2) is 5.78. The Hall–Kier alpha value is -0.670. The van der Waals surface area contributed by atoms with Crippen molar-refractivity contribution in [3.8, 4) is 11.5 Å². The van der Waals surface area contributed by atoms with Gasteiger partial charge in [0.15, 0.2) is 11.5 Å². The predicted molar refractivity (Wildman–Crippen MR) is 74.3 cm³/mol. The number of fused-ring (bicyclic) bond motifs is 1. The molecular formula is C14H21NOS. The van der Waals surface area contributed by atoms with Crippen molar-refractivity contribution in [2.45, 2.75) is 30.6 Å². The van der Waals surface area contributed by atoms with Crippen molar-refractivity contribution in [3.63, 3.8) is 0 Å². The number of nitrogens with zero attached hydrogens (tertiary/aromatic N) is 1. The number of hydrogen-bond donors (Lipinski definition) is 1. The summed E-state index contributed by atoms with van der Waals surface area (Å²) in [7, 11) is 4.29. The van der Waals surface area contributed by atoms with Crippen LogP contribution in [0.25, 0.3) is 0 Å². The van der Waals surface area contributed by atoms with Gasteiger partial charge in [-0.25, -0.2) is 0 Å². The molecule has 1 aromatic carbocycles. The molecule has 0 saturated heterocycles. The van der Waals surface area contributed by atoms with Gasteiger partial charge < -0.3 is 9.64 Å². The monoisotopic (exact) mass is 251 g/mol. The third-order valence-corrected chi connectivity index (χ3v) is 3.40. The Kier molecular flexibility index (Phi) is 4.35. The largest absolute Gasteiger partial charge is 0.448 e. The average Bonchev–Trinajstić information content (AvgIpc) is 3.13. The molecule has 94 valence electrons. The van der Waals surface area contributed by atoms with Gasteiger partial charge in [0.05, 0.1) is 4.90 Å². The summed E-state index contributed by atoms with van der Waals surface area (Å²) in [5, 5.41) is 0. The van der Waals surface area contributed by atoms with Crippen LogP contribution in [0.3, 0.4) is 0 Å². The van der Waals surface area contributed by atoms with Gasteiger partial charge >= 0.3 is 0 Å². The molecule has 1 fully saturated rings. The molecule has 0 radical (unpaired) electrons. The molecule has 0 spiro atoms. The molecule has 0 atom stereocenters. The maximum absolute atomic E-state index is 4.99. The van der Waals surface area contributed by atoms with Crippen molar-refractivity contribution in [3.05, 3.63) is 18.2 Å². The van der Waals surface area contributed by atoms with Crippen LogP contribution in [0.5, 0.6) is 11.5 Å². The van der Waals surface area contributed by atoms with Crippen LogP contribution in [-0.4, -0.2) is 25.5 Å². The Balaban J connectivity index is 0.000000127. The highest BCUT2D eigenvalue weighted by Gasteiger charge is 2.21. The van der Waals surface area contributed by atoms with Crippen molar-refractivity contribution in [1.82, 2.24) is 4.90 Å². The van der Waals surface area contributed by atoms with Crippen LogP contribution in [-0.2, 0) is 0 Å². The van der Waals surface area contributed by atoms with E-state index in [2.05, 4.69) is 31.6 Å². The van der Waals surface area contributed by atoms with Crippen molar-refractivity contribution in [2.24, 2.45) is 5.92 Å². The number of hydrogen-bond acceptors (Lipinski definition) is 3. The molecule has 2 aliphatic rings. The molecule has 0 aromatic heterocycles. The molecule has 17 heavy (non-hydrogen) atoms. The first-order valence-corrected chi connectivity index (χ1v) is 6.76. The fourth-order valence-corrected chi connectivity index (χ4v) is 2.02. The lowest BCUT2D eigenvalue weighted by atomic mass is 10.2. The van der Waals surface area contributed by atoms with E-state index in [0.29, 0.717) is 0 Å². The predicted octanol–water partition coefficient (Wildman–Crippen LogP) is 3.82. The standard InChI is InChI=1S/C8H17N.C6H4OS/c1-9(2)7-3-4-8-5-6-8;8-5-3-1-2-4-6(5)7-4/h8H,3-7H2,1-2H3;1-3,8H. The van der Waals surface area contributed by atoms with Gasteiger partial charge in [-0.05, 0) is 51.5 Å². The molecule has 3 rings (SSSR count). The van der Waals surface area contributed by atoms with Crippen LogP contribution >= 0.6 is 12.6 Å². The van der Waals surface area contributed by atoms with Gasteiger partial charge in [-0.3, -0.25) is 0 Å². The Bertz CT molecular complexity index is 372. The van der Waals surface area contributed by atoms with Gasteiger partial charge in [0.1, 0.15) is 0 Å². The molecule has 3 heteroatoms. The van der Waals surface area contributed by atoms with Crippen LogP contribution in [0, 0.1) is 5.92 Å². The summed E-state index contributed by atoms with van der Waals surface area (Å²) >= 11 is 4.12. The smallest absolute Gasteiger partial charge is 0.183 e. The highest BCUT2D eigenvalue weighted by atomic mass is 32.1. The molecule has 2 nitrogen and oxygen atoms in total. The maximum Gasteiger partial charge on any atom is 0.183 e. The van der Waals surface area contributed by atoms with E-state index in [1.807, 2.05) is 18.2 Å². The van der Waals surface area contributed by atoms with Crippen molar-refractivity contribution in [2.75, 3.05) is 20.6 Å². The molecule has 1 heterocycles. The minimum atomic E-state index is 0.933. The first-order valence-electron chi connectivity index (χ1n) is 6.31. The van der Waals surface area contributed by atoms with Gasteiger partial charge in [-0.2, -0.15) is 0 Å². The van der Waals surface area contributed by atoms with E-state index in [1.165, 1.54) is 32.2 Å². The molecular weight excluding hydrogens is 230 g/mol. The highest BCUT2D eigenvalue weighted by molar-refractivity contribution is 7.80. The van der Waals surface area contributed by atoms with Crippen LogP contribution in [0.2, 0.25) is 0 Å². The van der Waals surface area contributed by atoms with Gasteiger partial charge in [0.2, 0.25) is 0 Å². The zero-order chi connectivity index (χ0) is 12.3. The molecule has 1 aliphatic carbocycles. The Morgan fingerprint density at radius 3 is 2.65 bits per heavy atom. The van der Waals surface area contributed by atoms with E-state index in [-0.39, 0.29) is 0 Å². The summed E-state index contributed by atoms with van der Waals surface area (Å²) in [6.45, 7) is 1.27. The number of para-hydroxylation sites is 1. The normalized spacial score (nSPS) is 15.8. The van der Waals surface area contributed by atoms with E-state index in [0.717, 1.165) is 22.3 Å². The minimum Gasteiger partial charge on any atom is -0.448 e. The number of benzene rings is 1. The molecule has 0 N–H and O–H groups in total. The summed E-state index contributed by atoms with van der Waals surface area (Å²) < 4.78 is 4.99. The van der Waals surface area contributed by atoms with Gasteiger partial charge in [0, 0.05) is 0 Å². The Morgan fingerprint density at radius 2 is 2.12 bits per heavy atom. The molecule has 1 aromatic rings. The molecule has 1 saturated carbocycles. The average molecular weight is 251 g/mol. The fourth-order valence-electron chi connectivity index (χ4n) is 1.78. The van der Waals surface area contributed by atoms with Gasteiger partial charge in [0.25, 0.3) is 0 Å². The van der Waals surface area contributed by atoms with E-state index in [1.54, 1.807) is 0 Å². The Morgan fingerprint density at radius 1 is 1.35 bits per heavy atom. The van der Waals surface area contributed by atoms with E-state index >= 15 is 0 Å². The summed E-state index contributed by atoms with van der Waals surface area (Å²) in [4.78, 5) is 3.20. The second-order valence-corrected chi connectivity index (χ2v) is 5.58. The highest BCUT2D eigenvalue weighted by Crippen LogP contribution is 2.49. The fraction of sp³-hybridized carbons (Fsp3) is 0.571. The summed E-state index contributed by atoms with van der Waals surface area (Å²) in [5.41, 5.74) is 0.